The average Bonchev–Trinajstić information content (AvgIpc) is 3.23. The molecule has 3 rings (SSSR count). The summed E-state index contributed by atoms with van der Waals surface area (Å²) in [5.41, 5.74) is -0.377. The van der Waals surface area contributed by atoms with Gasteiger partial charge in [0.05, 0.1) is 0 Å². The molecule has 8 nitrogen and oxygen atoms in total. The van der Waals surface area contributed by atoms with Crippen LogP contribution in [-0.2, 0) is 14.4 Å². The Hall–Kier alpha value is -3.16. The van der Waals surface area contributed by atoms with E-state index in [1.54, 1.807) is 49.6 Å². The standard InChI is InChI=1S/C17H18N4O4/c1-11(21-9-3-8-18-21)14(22)19-12-4-2-5-13(10-12)20-15(23)17(6-7-17)16(24)25/h2-5,8-11H,6-7H2,1H3,(H,19,22)(H,20,23)(H,24,25). The SMILES string of the molecule is CC(C(=O)Nc1cccc(NC(=O)C2(C(=O)O)CC2)c1)n1cccn1. The Morgan fingerprint density at radius 3 is 2.44 bits per heavy atom. The lowest BCUT2D eigenvalue weighted by Gasteiger charge is -2.14. The van der Waals surface area contributed by atoms with Gasteiger partial charge in [-0.25, -0.2) is 0 Å². The quantitative estimate of drug-likeness (QED) is 0.694. The van der Waals surface area contributed by atoms with E-state index in [1.165, 1.54) is 4.68 Å². The summed E-state index contributed by atoms with van der Waals surface area (Å²) in [4.78, 5) is 35.6. The molecule has 0 spiro atoms. The molecule has 1 saturated carbocycles. The van der Waals surface area contributed by atoms with Crippen LogP contribution in [0.1, 0.15) is 25.8 Å². The van der Waals surface area contributed by atoms with Crippen LogP contribution < -0.4 is 10.6 Å². The molecule has 1 aromatic heterocycles. The topological polar surface area (TPSA) is 113 Å². The van der Waals surface area contributed by atoms with E-state index in [9.17, 15) is 14.4 Å². The number of carboxylic acid groups (broad SMARTS) is 1. The second-order valence-electron chi connectivity index (χ2n) is 6.07. The van der Waals surface area contributed by atoms with Gasteiger partial charge in [0.25, 0.3) is 0 Å². The maximum absolute atomic E-state index is 12.3. The van der Waals surface area contributed by atoms with Crippen LogP contribution in [0.3, 0.4) is 0 Å². The molecule has 1 aromatic carbocycles. The zero-order chi connectivity index (χ0) is 18.0. The fourth-order valence-electron chi connectivity index (χ4n) is 2.47. The number of amides is 2. The molecule has 0 radical (unpaired) electrons. The third-order valence-corrected chi connectivity index (χ3v) is 4.28. The Morgan fingerprint density at radius 2 is 1.88 bits per heavy atom. The van der Waals surface area contributed by atoms with Gasteiger partial charge in [-0.3, -0.25) is 19.1 Å². The van der Waals surface area contributed by atoms with Crippen molar-refractivity contribution in [3.05, 3.63) is 42.7 Å². The minimum Gasteiger partial charge on any atom is -0.480 e. The predicted molar refractivity (Wildman–Crippen MR) is 89.9 cm³/mol. The number of aromatic nitrogens is 2. The van der Waals surface area contributed by atoms with Gasteiger partial charge in [-0.2, -0.15) is 5.10 Å². The number of carbonyl (C=O) groups excluding carboxylic acids is 2. The summed E-state index contributed by atoms with van der Waals surface area (Å²) in [7, 11) is 0. The van der Waals surface area contributed by atoms with Gasteiger partial charge in [-0.15, -0.1) is 0 Å². The summed E-state index contributed by atoms with van der Waals surface area (Å²) in [6.45, 7) is 1.72. The first kappa shape index (κ1) is 16.7. The summed E-state index contributed by atoms with van der Waals surface area (Å²) < 4.78 is 1.53. The monoisotopic (exact) mass is 342 g/mol. The summed E-state index contributed by atoms with van der Waals surface area (Å²) in [5.74, 6) is -1.90. The number of hydrogen-bond acceptors (Lipinski definition) is 4. The summed E-state index contributed by atoms with van der Waals surface area (Å²) in [6, 6.07) is 7.83. The van der Waals surface area contributed by atoms with Crippen molar-refractivity contribution in [3.63, 3.8) is 0 Å². The molecule has 1 atom stereocenters. The van der Waals surface area contributed by atoms with Crippen LogP contribution in [0.2, 0.25) is 0 Å². The third kappa shape index (κ3) is 3.37. The largest absolute Gasteiger partial charge is 0.480 e. The van der Waals surface area contributed by atoms with Crippen molar-refractivity contribution in [3.8, 4) is 0 Å². The maximum atomic E-state index is 12.3. The molecule has 1 aliphatic carbocycles. The lowest BCUT2D eigenvalue weighted by atomic mass is 10.1. The molecule has 1 fully saturated rings. The van der Waals surface area contributed by atoms with Gasteiger partial charge in [-0.1, -0.05) is 6.07 Å². The number of carbonyl (C=O) groups is 3. The average molecular weight is 342 g/mol. The Balaban J connectivity index is 1.66. The number of carboxylic acids is 1. The second kappa shape index (κ2) is 6.39. The maximum Gasteiger partial charge on any atom is 0.319 e. The van der Waals surface area contributed by atoms with Crippen LogP contribution in [0.15, 0.2) is 42.7 Å². The Labute approximate surface area is 143 Å². The highest BCUT2D eigenvalue weighted by Crippen LogP contribution is 2.46. The van der Waals surface area contributed by atoms with Crippen LogP contribution >= 0.6 is 0 Å². The first-order chi connectivity index (χ1) is 11.9. The highest BCUT2D eigenvalue weighted by molar-refractivity contribution is 6.11. The van der Waals surface area contributed by atoms with Crippen LogP contribution in [-0.4, -0.2) is 32.7 Å². The molecule has 130 valence electrons. The van der Waals surface area contributed by atoms with Crippen molar-refractivity contribution < 1.29 is 19.5 Å². The molecule has 2 aromatic rings. The van der Waals surface area contributed by atoms with Crippen LogP contribution in [0.5, 0.6) is 0 Å². The lowest BCUT2D eigenvalue weighted by Crippen LogP contribution is -2.31. The van der Waals surface area contributed by atoms with Crippen molar-refractivity contribution in [2.75, 3.05) is 10.6 Å². The van der Waals surface area contributed by atoms with E-state index in [2.05, 4.69) is 15.7 Å². The molecule has 1 heterocycles. The Kier molecular flexibility index (Phi) is 4.26. The fraction of sp³-hybridized carbons (Fsp3) is 0.294. The zero-order valence-electron chi connectivity index (χ0n) is 13.6. The highest BCUT2D eigenvalue weighted by atomic mass is 16.4. The van der Waals surface area contributed by atoms with Gasteiger partial charge in [0.15, 0.2) is 0 Å². The molecule has 1 aliphatic rings. The van der Waals surface area contributed by atoms with Crippen LogP contribution in [0.4, 0.5) is 11.4 Å². The predicted octanol–water partition coefficient (Wildman–Crippen LogP) is 1.89. The van der Waals surface area contributed by atoms with Gasteiger partial charge in [0.1, 0.15) is 11.5 Å². The molecule has 0 bridgehead atoms. The minimum atomic E-state index is -1.31. The summed E-state index contributed by atoms with van der Waals surface area (Å²) in [5, 5.41) is 18.5. The first-order valence-electron chi connectivity index (χ1n) is 7.87. The van der Waals surface area contributed by atoms with E-state index in [4.69, 9.17) is 5.11 Å². The van der Waals surface area contributed by atoms with Crippen molar-refractivity contribution in [2.24, 2.45) is 5.41 Å². The Morgan fingerprint density at radius 1 is 1.20 bits per heavy atom. The van der Waals surface area contributed by atoms with Gasteiger partial charge in [-0.05, 0) is 44.0 Å². The van der Waals surface area contributed by atoms with Crippen molar-refractivity contribution in [2.45, 2.75) is 25.8 Å². The summed E-state index contributed by atoms with van der Waals surface area (Å²) >= 11 is 0. The normalized spacial score (nSPS) is 15.9. The molecule has 2 amide bonds. The number of nitrogens with one attached hydrogen (secondary N) is 2. The molecule has 1 unspecified atom stereocenters. The van der Waals surface area contributed by atoms with E-state index in [-0.39, 0.29) is 5.91 Å². The molecular formula is C17H18N4O4. The van der Waals surface area contributed by atoms with E-state index in [1.807, 2.05) is 0 Å². The molecule has 3 N–H and O–H groups in total. The zero-order valence-corrected chi connectivity index (χ0v) is 13.6. The van der Waals surface area contributed by atoms with Gasteiger partial charge in [0.2, 0.25) is 11.8 Å². The minimum absolute atomic E-state index is 0.253. The van der Waals surface area contributed by atoms with E-state index in [0.717, 1.165) is 0 Å². The number of anilines is 2. The number of hydrogen-bond donors (Lipinski definition) is 3. The van der Waals surface area contributed by atoms with Gasteiger partial charge < -0.3 is 15.7 Å². The number of aliphatic carboxylic acids is 1. The number of benzene rings is 1. The van der Waals surface area contributed by atoms with Gasteiger partial charge in [0, 0.05) is 23.8 Å². The third-order valence-electron chi connectivity index (χ3n) is 4.28. The van der Waals surface area contributed by atoms with Crippen molar-refractivity contribution in [1.29, 1.82) is 0 Å². The number of rotatable bonds is 6. The Bertz CT molecular complexity index is 812. The molecular weight excluding hydrogens is 324 g/mol. The summed E-state index contributed by atoms with van der Waals surface area (Å²) in [6.07, 6.45) is 3.97. The van der Waals surface area contributed by atoms with Crippen molar-refractivity contribution >= 4 is 29.2 Å². The highest BCUT2D eigenvalue weighted by Gasteiger charge is 2.57. The molecule has 0 aliphatic heterocycles. The smallest absolute Gasteiger partial charge is 0.319 e. The van der Waals surface area contributed by atoms with Crippen LogP contribution in [0.25, 0.3) is 0 Å². The van der Waals surface area contributed by atoms with E-state index in [0.29, 0.717) is 24.2 Å². The second-order valence-corrected chi connectivity index (χ2v) is 6.07. The lowest BCUT2D eigenvalue weighted by molar-refractivity contribution is -0.147. The van der Waals surface area contributed by atoms with E-state index >= 15 is 0 Å². The molecule has 8 heteroatoms. The number of nitrogens with zero attached hydrogens (tertiary/aromatic N) is 2. The molecule has 0 saturated heterocycles. The van der Waals surface area contributed by atoms with Gasteiger partial charge >= 0.3 is 5.97 Å². The van der Waals surface area contributed by atoms with Crippen molar-refractivity contribution in [1.82, 2.24) is 9.78 Å². The fourth-order valence-corrected chi connectivity index (χ4v) is 2.47. The molecule has 25 heavy (non-hydrogen) atoms. The first-order valence-corrected chi connectivity index (χ1v) is 7.87. The van der Waals surface area contributed by atoms with Crippen LogP contribution in [0, 0.1) is 5.41 Å². The van der Waals surface area contributed by atoms with E-state index < -0.39 is 23.3 Å².